The number of benzene rings is 1. The average molecular weight is 230 g/mol. The van der Waals surface area contributed by atoms with Crippen molar-refractivity contribution >= 4 is 14.1 Å². The zero-order chi connectivity index (χ0) is 12.0. The SMILES string of the molecule is C=CCC(/C=C/c1ccccc1)[Si](C)(C)C. The van der Waals surface area contributed by atoms with E-state index in [2.05, 4.69) is 68.7 Å². The Kier molecular flexibility index (Phi) is 4.75. The smallest absolute Gasteiger partial charge is 0.0517 e. The summed E-state index contributed by atoms with van der Waals surface area (Å²) in [7, 11) is -1.12. The molecule has 0 fully saturated rings. The number of allylic oxidation sites excluding steroid dienone is 2. The highest BCUT2D eigenvalue weighted by molar-refractivity contribution is 6.78. The second-order valence-electron chi connectivity index (χ2n) is 5.27. The summed E-state index contributed by atoms with van der Waals surface area (Å²) in [5.41, 5.74) is 1.97. The van der Waals surface area contributed by atoms with Crippen molar-refractivity contribution in [2.45, 2.75) is 31.6 Å². The summed E-state index contributed by atoms with van der Waals surface area (Å²) in [6.45, 7) is 11.1. The number of hydrogen-bond acceptors (Lipinski definition) is 0. The third-order valence-corrected chi connectivity index (χ3v) is 5.51. The highest BCUT2D eigenvalue weighted by Crippen LogP contribution is 2.28. The van der Waals surface area contributed by atoms with E-state index in [1.165, 1.54) is 5.56 Å². The lowest BCUT2D eigenvalue weighted by Crippen LogP contribution is -2.26. The van der Waals surface area contributed by atoms with Gasteiger partial charge in [-0.25, -0.2) is 0 Å². The van der Waals surface area contributed by atoms with Crippen molar-refractivity contribution in [1.29, 1.82) is 0 Å². The molecule has 1 rings (SSSR count). The van der Waals surface area contributed by atoms with Gasteiger partial charge in [0.2, 0.25) is 0 Å². The highest BCUT2D eigenvalue weighted by atomic mass is 28.3. The third-order valence-electron chi connectivity index (χ3n) is 2.85. The lowest BCUT2D eigenvalue weighted by molar-refractivity contribution is 0.999. The van der Waals surface area contributed by atoms with E-state index in [-0.39, 0.29) is 0 Å². The molecule has 0 N–H and O–H groups in total. The number of rotatable bonds is 5. The van der Waals surface area contributed by atoms with Crippen LogP contribution in [0.25, 0.3) is 6.08 Å². The van der Waals surface area contributed by atoms with Gasteiger partial charge in [0.05, 0.1) is 8.07 Å². The van der Waals surface area contributed by atoms with Gasteiger partial charge in [0.25, 0.3) is 0 Å². The second-order valence-corrected chi connectivity index (χ2v) is 10.7. The lowest BCUT2D eigenvalue weighted by atomic mass is 10.2. The van der Waals surface area contributed by atoms with Crippen LogP contribution >= 0.6 is 0 Å². The van der Waals surface area contributed by atoms with Gasteiger partial charge in [-0.15, -0.1) is 6.58 Å². The molecule has 0 aromatic heterocycles. The summed E-state index contributed by atoms with van der Waals surface area (Å²) in [5.74, 6) is 0. The molecule has 0 aliphatic carbocycles. The van der Waals surface area contributed by atoms with Crippen molar-refractivity contribution in [1.82, 2.24) is 0 Å². The fourth-order valence-electron chi connectivity index (χ4n) is 1.69. The molecular weight excluding hydrogens is 208 g/mol. The summed E-state index contributed by atoms with van der Waals surface area (Å²) in [4.78, 5) is 0. The van der Waals surface area contributed by atoms with E-state index in [9.17, 15) is 0 Å². The molecular formula is C15H22Si. The molecule has 16 heavy (non-hydrogen) atoms. The topological polar surface area (TPSA) is 0 Å². The molecule has 0 aliphatic rings. The Balaban J connectivity index is 2.76. The fourth-order valence-corrected chi connectivity index (χ4v) is 3.24. The first-order chi connectivity index (χ1) is 7.54. The molecule has 0 bridgehead atoms. The molecule has 1 heteroatoms. The minimum atomic E-state index is -1.12. The quantitative estimate of drug-likeness (QED) is 0.494. The van der Waals surface area contributed by atoms with E-state index in [4.69, 9.17) is 0 Å². The predicted molar refractivity (Wildman–Crippen MR) is 77.4 cm³/mol. The van der Waals surface area contributed by atoms with Gasteiger partial charge >= 0.3 is 0 Å². The van der Waals surface area contributed by atoms with Crippen LogP contribution in [0.3, 0.4) is 0 Å². The van der Waals surface area contributed by atoms with Gasteiger partial charge in [0.15, 0.2) is 0 Å². The summed E-state index contributed by atoms with van der Waals surface area (Å²) < 4.78 is 0. The van der Waals surface area contributed by atoms with Crippen molar-refractivity contribution in [2.75, 3.05) is 0 Å². The Bertz CT molecular complexity index is 343. The molecule has 0 saturated carbocycles. The maximum atomic E-state index is 3.86. The fraction of sp³-hybridized carbons (Fsp3) is 0.333. The van der Waals surface area contributed by atoms with Crippen LogP contribution in [0.5, 0.6) is 0 Å². The third kappa shape index (κ3) is 4.19. The maximum Gasteiger partial charge on any atom is 0.0517 e. The molecule has 0 aliphatic heterocycles. The Labute approximate surface area is 101 Å². The Morgan fingerprint density at radius 2 is 1.81 bits per heavy atom. The van der Waals surface area contributed by atoms with Gasteiger partial charge in [-0.1, -0.05) is 68.2 Å². The van der Waals surface area contributed by atoms with Crippen LogP contribution < -0.4 is 0 Å². The van der Waals surface area contributed by atoms with Gasteiger partial charge in [-0.05, 0) is 17.5 Å². The highest BCUT2D eigenvalue weighted by Gasteiger charge is 2.22. The summed E-state index contributed by atoms with van der Waals surface area (Å²) in [5, 5.41) is 0. The first-order valence-corrected chi connectivity index (χ1v) is 9.46. The molecule has 0 saturated heterocycles. The van der Waals surface area contributed by atoms with Crippen LogP contribution in [0, 0.1) is 0 Å². The summed E-state index contributed by atoms with van der Waals surface area (Å²) in [6, 6.07) is 10.5. The van der Waals surface area contributed by atoms with Crippen molar-refractivity contribution in [3.8, 4) is 0 Å². The molecule has 1 aromatic rings. The van der Waals surface area contributed by atoms with Crippen molar-refractivity contribution in [3.05, 3.63) is 54.6 Å². The standard InChI is InChI=1S/C15H22Si/c1-5-9-15(16(2,3)4)13-12-14-10-7-6-8-11-14/h5-8,10-13,15H,1,9H2,2-4H3/b13-12+. The van der Waals surface area contributed by atoms with E-state index in [0.717, 1.165) is 6.42 Å². The predicted octanol–water partition coefficient (Wildman–Crippen LogP) is 4.98. The van der Waals surface area contributed by atoms with Crippen molar-refractivity contribution in [2.24, 2.45) is 0 Å². The first kappa shape index (κ1) is 13.0. The Morgan fingerprint density at radius 3 is 2.31 bits per heavy atom. The van der Waals surface area contributed by atoms with Crippen LogP contribution in [0.1, 0.15) is 12.0 Å². The second kappa shape index (κ2) is 5.85. The van der Waals surface area contributed by atoms with Gasteiger partial charge in [0, 0.05) is 0 Å². The Hall–Kier alpha value is -1.08. The molecule has 86 valence electrons. The first-order valence-electron chi connectivity index (χ1n) is 5.88. The summed E-state index contributed by atoms with van der Waals surface area (Å²) in [6.07, 6.45) is 7.74. The minimum absolute atomic E-state index is 0.685. The monoisotopic (exact) mass is 230 g/mol. The van der Waals surface area contributed by atoms with E-state index >= 15 is 0 Å². The average Bonchev–Trinajstić information content (AvgIpc) is 2.24. The van der Waals surface area contributed by atoms with Crippen LogP contribution in [-0.2, 0) is 0 Å². The minimum Gasteiger partial charge on any atom is -0.103 e. The van der Waals surface area contributed by atoms with Crippen LogP contribution in [-0.4, -0.2) is 8.07 Å². The molecule has 0 heterocycles. The normalized spacial score (nSPS) is 13.9. The molecule has 0 nitrogen and oxygen atoms in total. The van der Waals surface area contributed by atoms with Gasteiger partial charge in [-0.3, -0.25) is 0 Å². The maximum absolute atomic E-state index is 3.86. The van der Waals surface area contributed by atoms with Crippen molar-refractivity contribution in [3.63, 3.8) is 0 Å². The van der Waals surface area contributed by atoms with E-state index in [0.29, 0.717) is 5.54 Å². The molecule has 0 spiro atoms. The van der Waals surface area contributed by atoms with Crippen molar-refractivity contribution < 1.29 is 0 Å². The van der Waals surface area contributed by atoms with E-state index in [1.54, 1.807) is 0 Å². The van der Waals surface area contributed by atoms with Gasteiger partial charge in [-0.2, -0.15) is 0 Å². The lowest BCUT2D eigenvalue weighted by Gasteiger charge is -2.25. The van der Waals surface area contributed by atoms with E-state index < -0.39 is 8.07 Å². The van der Waals surface area contributed by atoms with Gasteiger partial charge < -0.3 is 0 Å². The van der Waals surface area contributed by atoms with Gasteiger partial charge in [0.1, 0.15) is 0 Å². The zero-order valence-corrected chi connectivity index (χ0v) is 11.6. The molecule has 0 amide bonds. The largest absolute Gasteiger partial charge is 0.103 e. The molecule has 1 unspecified atom stereocenters. The van der Waals surface area contributed by atoms with Crippen LogP contribution in [0.2, 0.25) is 25.2 Å². The number of hydrogen-bond donors (Lipinski definition) is 0. The Morgan fingerprint density at radius 1 is 1.19 bits per heavy atom. The molecule has 0 radical (unpaired) electrons. The molecule has 1 aromatic carbocycles. The summed E-state index contributed by atoms with van der Waals surface area (Å²) >= 11 is 0. The zero-order valence-electron chi connectivity index (χ0n) is 10.6. The molecule has 1 atom stereocenters. The van der Waals surface area contributed by atoms with E-state index in [1.807, 2.05) is 6.08 Å². The van der Waals surface area contributed by atoms with Crippen LogP contribution in [0.4, 0.5) is 0 Å². The van der Waals surface area contributed by atoms with Crippen LogP contribution in [0.15, 0.2) is 49.1 Å².